The number of amides is 1. The molecular formula is C23H20N2O3S. The highest BCUT2D eigenvalue weighted by atomic mass is 32.2. The maximum absolute atomic E-state index is 13.2. The Morgan fingerprint density at radius 3 is 2.00 bits per heavy atom. The summed E-state index contributed by atoms with van der Waals surface area (Å²) in [6, 6.07) is 22.0. The fraction of sp³-hybridized carbons (Fsp3) is 0.174. The second kappa shape index (κ2) is 6.74. The quantitative estimate of drug-likeness (QED) is 0.655. The van der Waals surface area contributed by atoms with Gasteiger partial charge in [-0.2, -0.15) is 0 Å². The van der Waals surface area contributed by atoms with Gasteiger partial charge in [-0.05, 0) is 41.8 Å². The van der Waals surface area contributed by atoms with E-state index in [4.69, 9.17) is 0 Å². The molecule has 0 aliphatic carbocycles. The Labute approximate surface area is 170 Å². The third kappa shape index (κ3) is 2.91. The van der Waals surface area contributed by atoms with Crippen molar-refractivity contribution >= 4 is 27.1 Å². The molecule has 0 aromatic heterocycles. The molecule has 2 aliphatic heterocycles. The van der Waals surface area contributed by atoms with Crippen LogP contribution in [0.1, 0.15) is 11.1 Å². The number of hydrogen-bond donors (Lipinski definition) is 0. The van der Waals surface area contributed by atoms with Crippen molar-refractivity contribution in [1.29, 1.82) is 0 Å². The minimum Gasteiger partial charge on any atom is -0.336 e. The minimum absolute atomic E-state index is 0.0107. The van der Waals surface area contributed by atoms with E-state index in [-0.39, 0.29) is 22.2 Å². The number of benzene rings is 3. The minimum atomic E-state index is -3.60. The molecule has 0 atom stereocenters. The number of hydrogen-bond acceptors (Lipinski definition) is 4. The predicted molar refractivity (Wildman–Crippen MR) is 111 cm³/mol. The van der Waals surface area contributed by atoms with Crippen molar-refractivity contribution in [2.45, 2.75) is 22.8 Å². The number of nitrogens with zero attached hydrogens (tertiary/aromatic N) is 2. The van der Waals surface area contributed by atoms with Gasteiger partial charge in [-0.1, -0.05) is 48.5 Å². The molecule has 1 amide bonds. The van der Waals surface area contributed by atoms with E-state index >= 15 is 0 Å². The van der Waals surface area contributed by atoms with Crippen molar-refractivity contribution in [3.8, 4) is 0 Å². The van der Waals surface area contributed by atoms with Crippen molar-refractivity contribution in [3.05, 3.63) is 83.9 Å². The molecule has 0 saturated carbocycles. The van der Waals surface area contributed by atoms with E-state index in [1.54, 1.807) is 48.5 Å². The average Bonchev–Trinajstić information content (AvgIpc) is 2.76. The fourth-order valence-electron chi connectivity index (χ4n) is 4.18. The smallest absolute Gasteiger partial charge is 0.242 e. The summed E-state index contributed by atoms with van der Waals surface area (Å²) < 4.78 is 26.1. The highest BCUT2D eigenvalue weighted by Crippen LogP contribution is 2.43. The third-order valence-corrected chi connectivity index (χ3v) is 7.52. The molecule has 0 N–H and O–H groups in total. The third-order valence-electron chi connectivity index (χ3n) is 5.67. The van der Waals surface area contributed by atoms with Gasteiger partial charge in [0.05, 0.1) is 21.2 Å². The Balaban J connectivity index is 1.50. The van der Waals surface area contributed by atoms with E-state index in [0.717, 1.165) is 6.42 Å². The van der Waals surface area contributed by atoms with Crippen LogP contribution in [0.5, 0.6) is 0 Å². The standard InChI is InChI=1S/C23H20N2O3S/c26-23(24-14-13-17-7-1-2-8-18(17)15-24)16-25-19-9-3-5-11-21(19)29(27,28)22-12-6-4-10-20(22)25/h1-12H,13-16H2. The first kappa shape index (κ1) is 17.9. The molecule has 2 aliphatic rings. The Kier molecular flexibility index (Phi) is 4.17. The van der Waals surface area contributed by atoms with E-state index in [2.05, 4.69) is 12.1 Å². The number of sulfone groups is 1. The highest BCUT2D eigenvalue weighted by molar-refractivity contribution is 7.92. The number of fused-ring (bicyclic) bond motifs is 3. The first-order valence-corrected chi connectivity index (χ1v) is 11.1. The topological polar surface area (TPSA) is 57.7 Å². The molecule has 5 rings (SSSR count). The van der Waals surface area contributed by atoms with Crippen LogP contribution in [-0.2, 0) is 27.6 Å². The Morgan fingerprint density at radius 1 is 0.793 bits per heavy atom. The van der Waals surface area contributed by atoms with Crippen LogP contribution >= 0.6 is 0 Å². The number of carbonyl (C=O) groups is 1. The van der Waals surface area contributed by atoms with Crippen LogP contribution in [0, 0.1) is 0 Å². The Bertz CT molecular complexity index is 1170. The van der Waals surface area contributed by atoms with Gasteiger partial charge in [0.1, 0.15) is 6.54 Å². The molecule has 0 bridgehead atoms. The van der Waals surface area contributed by atoms with Gasteiger partial charge in [-0.25, -0.2) is 8.42 Å². The highest BCUT2D eigenvalue weighted by Gasteiger charge is 2.35. The molecule has 3 aromatic carbocycles. The second-order valence-electron chi connectivity index (χ2n) is 7.36. The van der Waals surface area contributed by atoms with Gasteiger partial charge in [0.15, 0.2) is 0 Å². The van der Waals surface area contributed by atoms with Gasteiger partial charge in [0.2, 0.25) is 15.7 Å². The van der Waals surface area contributed by atoms with Gasteiger partial charge in [0, 0.05) is 13.1 Å². The van der Waals surface area contributed by atoms with Gasteiger partial charge < -0.3 is 9.80 Å². The average molecular weight is 404 g/mol. The summed E-state index contributed by atoms with van der Waals surface area (Å²) in [5.74, 6) is -0.0107. The summed E-state index contributed by atoms with van der Waals surface area (Å²) in [6.45, 7) is 1.36. The molecule has 6 heteroatoms. The summed E-state index contributed by atoms with van der Waals surface area (Å²) >= 11 is 0. The summed E-state index contributed by atoms with van der Waals surface area (Å²) in [5.41, 5.74) is 3.57. The van der Waals surface area contributed by atoms with Crippen molar-refractivity contribution in [2.75, 3.05) is 18.0 Å². The molecule has 0 spiro atoms. The van der Waals surface area contributed by atoms with E-state index in [9.17, 15) is 13.2 Å². The first-order valence-electron chi connectivity index (χ1n) is 9.61. The van der Waals surface area contributed by atoms with Crippen molar-refractivity contribution in [3.63, 3.8) is 0 Å². The van der Waals surface area contributed by atoms with Crippen LogP contribution in [0.4, 0.5) is 11.4 Å². The largest absolute Gasteiger partial charge is 0.336 e. The van der Waals surface area contributed by atoms with Crippen LogP contribution < -0.4 is 4.90 Å². The van der Waals surface area contributed by atoms with Crippen molar-refractivity contribution < 1.29 is 13.2 Å². The normalized spacial score (nSPS) is 16.6. The molecular weight excluding hydrogens is 384 g/mol. The van der Waals surface area contributed by atoms with E-state index in [0.29, 0.717) is 24.5 Å². The summed E-state index contributed by atoms with van der Waals surface area (Å²) in [7, 11) is -3.60. The molecule has 2 heterocycles. The number of rotatable bonds is 2. The molecule has 0 fully saturated rings. The lowest BCUT2D eigenvalue weighted by atomic mass is 10.00. The van der Waals surface area contributed by atoms with Gasteiger partial charge in [-0.3, -0.25) is 4.79 Å². The number of para-hydroxylation sites is 2. The number of anilines is 2. The van der Waals surface area contributed by atoms with Crippen LogP contribution in [0.3, 0.4) is 0 Å². The lowest BCUT2D eigenvalue weighted by molar-refractivity contribution is -0.130. The lowest BCUT2D eigenvalue weighted by Crippen LogP contribution is -2.42. The van der Waals surface area contributed by atoms with Crippen LogP contribution in [0.2, 0.25) is 0 Å². The Hall–Kier alpha value is -3.12. The second-order valence-corrected chi connectivity index (χ2v) is 9.25. The summed E-state index contributed by atoms with van der Waals surface area (Å²) in [4.78, 5) is 17.4. The molecule has 29 heavy (non-hydrogen) atoms. The van der Waals surface area contributed by atoms with Crippen molar-refractivity contribution in [1.82, 2.24) is 4.90 Å². The van der Waals surface area contributed by atoms with E-state index in [1.807, 2.05) is 21.9 Å². The molecule has 0 saturated heterocycles. The zero-order chi connectivity index (χ0) is 20.0. The lowest BCUT2D eigenvalue weighted by Gasteiger charge is -2.35. The molecule has 0 unspecified atom stereocenters. The SMILES string of the molecule is O=C(CN1c2ccccc2S(=O)(=O)c2ccccc21)N1CCc2ccccc2C1. The van der Waals surface area contributed by atoms with Crippen molar-refractivity contribution in [2.24, 2.45) is 0 Å². The molecule has 3 aromatic rings. The molecule has 146 valence electrons. The fourth-order valence-corrected chi connectivity index (χ4v) is 5.84. The van der Waals surface area contributed by atoms with E-state index in [1.165, 1.54) is 11.1 Å². The van der Waals surface area contributed by atoms with Crippen LogP contribution in [0.25, 0.3) is 0 Å². The summed E-state index contributed by atoms with van der Waals surface area (Å²) in [5, 5.41) is 0. The molecule has 0 radical (unpaired) electrons. The maximum Gasteiger partial charge on any atom is 0.242 e. The zero-order valence-corrected chi connectivity index (χ0v) is 16.6. The zero-order valence-electron chi connectivity index (χ0n) is 15.8. The van der Waals surface area contributed by atoms with Gasteiger partial charge >= 0.3 is 0 Å². The maximum atomic E-state index is 13.2. The number of carbonyl (C=O) groups excluding carboxylic acids is 1. The van der Waals surface area contributed by atoms with Crippen LogP contribution in [-0.4, -0.2) is 32.3 Å². The summed E-state index contributed by atoms with van der Waals surface area (Å²) in [6.07, 6.45) is 0.837. The van der Waals surface area contributed by atoms with Crippen LogP contribution in [0.15, 0.2) is 82.6 Å². The monoisotopic (exact) mass is 404 g/mol. The Morgan fingerprint density at radius 2 is 1.34 bits per heavy atom. The first-order chi connectivity index (χ1) is 14.1. The van der Waals surface area contributed by atoms with Gasteiger partial charge in [-0.15, -0.1) is 0 Å². The predicted octanol–water partition coefficient (Wildman–Crippen LogP) is 3.56. The van der Waals surface area contributed by atoms with E-state index < -0.39 is 9.84 Å². The molecule has 5 nitrogen and oxygen atoms in total. The van der Waals surface area contributed by atoms with Gasteiger partial charge in [0.25, 0.3) is 0 Å².